The standard InChI is InChI=1S/C18H25N2.BF4/c1-14-11-15(2)18(16(3)12-14)20-10-9-19(13-20)17-7-5-4-6-8-17;2-1(3,4)5/h9-13,17H,4-8H2,1-3H3;/q+1;-1. The maximum absolute atomic E-state index is 9.75. The monoisotopic (exact) mass is 356 g/mol. The van der Waals surface area contributed by atoms with E-state index in [1.165, 1.54) is 54.5 Å². The van der Waals surface area contributed by atoms with E-state index in [-0.39, 0.29) is 0 Å². The van der Waals surface area contributed by atoms with Crippen LogP contribution in [0.15, 0.2) is 30.9 Å². The van der Waals surface area contributed by atoms with Crippen molar-refractivity contribution in [1.82, 2.24) is 4.57 Å². The molecule has 1 heterocycles. The normalized spacial score (nSPS) is 15.6. The molecule has 1 aromatic heterocycles. The van der Waals surface area contributed by atoms with Crippen molar-refractivity contribution in [2.24, 2.45) is 0 Å². The lowest BCUT2D eigenvalue weighted by Crippen LogP contribution is -2.38. The maximum Gasteiger partial charge on any atom is 0.673 e. The quantitative estimate of drug-likeness (QED) is 0.382. The van der Waals surface area contributed by atoms with Gasteiger partial charge in [-0.15, -0.1) is 0 Å². The zero-order valence-corrected chi connectivity index (χ0v) is 15.0. The Morgan fingerprint density at radius 3 is 2.00 bits per heavy atom. The van der Waals surface area contributed by atoms with Crippen molar-refractivity contribution >= 4 is 7.25 Å². The van der Waals surface area contributed by atoms with E-state index in [4.69, 9.17) is 0 Å². The SMILES string of the molecule is Cc1cc(C)c(-n2cc[n+](C3CCCCC3)c2)c(C)c1.F[B-](F)(F)F. The molecule has 25 heavy (non-hydrogen) atoms. The summed E-state index contributed by atoms with van der Waals surface area (Å²) >= 11 is 0. The molecule has 1 fully saturated rings. The van der Waals surface area contributed by atoms with Gasteiger partial charge in [-0.3, -0.25) is 0 Å². The van der Waals surface area contributed by atoms with Crippen molar-refractivity contribution in [2.45, 2.75) is 58.9 Å². The van der Waals surface area contributed by atoms with Crippen LogP contribution in [0.3, 0.4) is 0 Å². The van der Waals surface area contributed by atoms with Gasteiger partial charge in [0.2, 0.25) is 6.33 Å². The maximum atomic E-state index is 9.75. The van der Waals surface area contributed by atoms with Gasteiger partial charge in [0, 0.05) is 0 Å². The number of nitrogens with zero attached hydrogens (tertiary/aromatic N) is 2. The highest BCUT2D eigenvalue weighted by molar-refractivity contribution is 6.50. The van der Waals surface area contributed by atoms with Crippen molar-refractivity contribution in [3.8, 4) is 5.69 Å². The Hall–Kier alpha value is -1.79. The van der Waals surface area contributed by atoms with Gasteiger partial charge in [0.1, 0.15) is 24.1 Å². The minimum absolute atomic E-state index is 0.705. The minimum Gasteiger partial charge on any atom is -0.418 e. The average Bonchev–Trinajstić information content (AvgIpc) is 2.95. The predicted octanol–water partition coefficient (Wildman–Crippen LogP) is 5.50. The van der Waals surface area contributed by atoms with Crippen LogP contribution in [0.1, 0.15) is 54.8 Å². The first-order chi connectivity index (χ1) is 11.6. The van der Waals surface area contributed by atoms with Crippen LogP contribution >= 0.6 is 0 Å². The van der Waals surface area contributed by atoms with Gasteiger partial charge in [-0.2, -0.15) is 0 Å². The molecule has 138 valence electrons. The van der Waals surface area contributed by atoms with E-state index in [0.717, 1.165) is 0 Å². The summed E-state index contributed by atoms with van der Waals surface area (Å²) in [7, 11) is -6.00. The number of aromatic nitrogens is 2. The van der Waals surface area contributed by atoms with Crippen LogP contribution in [-0.2, 0) is 0 Å². The second-order valence-electron chi connectivity index (χ2n) is 6.80. The van der Waals surface area contributed by atoms with Crippen molar-refractivity contribution in [1.29, 1.82) is 0 Å². The van der Waals surface area contributed by atoms with Crippen molar-refractivity contribution in [3.05, 3.63) is 47.5 Å². The third-order valence-electron chi connectivity index (χ3n) is 4.55. The smallest absolute Gasteiger partial charge is 0.418 e. The topological polar surface area (TPSA) is 8.81 Å². The molecule has 1 aromatic carbocycles. The molecular weight excluding hydrogens is 331 g/mol. The second kappa shape index (κ2) is 8.06. The van der Waals surface area contributed by atoms with Gasteiger partial charge in [0.05, 0.1) is 0 Å². The molecule has 0 atom stereocenters. The summed E-state index contributed by atoms with van der Waals surface area (Å²) in [6.45, 7) is 6.59. The molecule has 0 saturated heterocycles. The summed E-state index contributed by atoms with van der Waals surface area (Å²) in [4.78, 5) is 0. The molecular formula is C18H25BF4N2. The number of hydrogen-bond acceptors (Lipinski definition) is 0. The molecule has 0 bridgehead atoms. The Kier molecular flexibility index (Phi) is 6.30. The third kappa shape index (κ3) is 5.90. The molecule has 3 rings (SSSR count). The van der Waals surface area contributed by atoms with E-state index >= 15 is 0 Å². The van der Waals surface area contributed by atoms with Crippen LogP contribution in [0.4, 0.5) is 17.3 Å². The van der Waals surface area contributed by atoms with Gasteiger partial charge >= 0.3 is 7.25 Å². The van der Waals surface area contributed by atoms with Crippen LogP contribution in [-0.4, -0.2) is 11.8 Å². The number of halogens is 4. The van der Waals surface area contributed by atoms with Gasteiger partial charge in [-0.25, -0.2) is 9.13 Å². The highest BCUT2D eigenvalue weighted by Crippen LogP contribution is 2.25. The lowest BCUT2D eigenvalue weighted by molar-refractivity contribution is -0.725. The van der Waals surface area contributed by atoms with Crippen molar-refractivity contribution in [2.75, 3.05) is 0 Å². The van der Waals surface area contributed by atoms with Crippen LogP contribution in [0, 0.1) is 20.8 Å². The fraction of sp³-hybridized carbons (Fsp3) is 0.500. The number of rotatable bonds is 2. The van der Waals surface area contributed by atoms with Gasteiger partial charge < -0.3 is 17.3 Å². The summed E-state index contributed by atoms with van der Waals surface area (Å²) in [5.41, 5.74) is 5.39. The summed E-state index contributed by atoms with van der Waals surface area (Å²) in [5, 5.41) is 0. The van der Waals surface area contributed by atoms with E-state index in [9.17, 15) is 17.3 Å². The molecule has 0 N–H and O–H groups in total. The highest BCUT2D eigenvalue weighted by atomic mass is 19.5. The van der Waals surface area contributed by atoms with Crippen molar-refractivity contribution in [3.63, 3.8) is 0 Å². The fourth-order valence-electron chi connectivity index (χ4n) is 3.68. The Bertz CT molecular complexity index is 674. The van der Waals surface area contributed by atoms with Crippen LogP contribution < -0.4 is 4.57 Å². The molecule has 1 saturated carbocycles. The minimum atomic E-state index is -6.00. The molecule has 1 aliphatic carbocycles. The van der Waals surface area contributed by atoms with E-state index in [1.54, 1.807) is 0 Å². The molecule has 2 aromatic rings. The van der Waals surface area contributed by atoms with E-state index < -0.39 is 7.25 Å². The van der Waals surface area contributed by atoms with E-state index in [2.05, 4.69) is 60.8 Å². The average molecular weight is 356 g/mol. The van der Waals surface area contributed by atoms with E-state index in [0.29, 0.717) is 6.04 Å². The second-order valence-corrected chi connectivity index (χ2v) is 6.80. The first-order valence-corrected chi connectivity index (χ1v) is 8.69. The number of aryl methyl sites for hydroxylation is 3. The van der Waals surface area contributed by atoms with Crippen molar-refractivity contribution < 1.29 is 21.8 Å². The van der Waals surface area contributed by atoms with Gasteiger partial charge in [0.15, 0.2) is 0 Å². The molecule has 1 aliphatic rings. The Balaban J connectivity index is 0.000000399. The summed E-state index contributed by atoms with van der Waals surface area (Å²) in [5.74, 6) is 0. The van der Waals surface area contributed by atoms with E-state index in [1.807, 2.05) is 0 Å². The molecule has 2 nitrogen and oxygen atoms in total. The van der Waals surface area contributed by atoms with Crippen LogP contribution in [0.25, 0.3) is 5.69 Å². The molecule has 0 spiro atoms. The Morgan fingerprint density at radius 2 is 1.48 bits per heavy atom. The highest BCUT2D eigenvalue weighted by Gasteiger charge is 2.21. The number of hydrogen-bond donors (Lipinski definition) is 0. The molecule has 0 radical (unpaired) electrons. The number of imidazole rings is 1. The largest absolute Gasteiger partial charge is 0.673 e. The predicted molar refractivity (Wildman–Crippen MR) is 92.5 cm³/mol. The van der Waals surface area contributed by atoms with Crippen LogP contribution in [0.5, 0.6) is 0 Å². The number of benzene rings is 1. The zero-order valence-electron chi connectivity index (χ0n) is 15.0. The van der Waals surface area contributed by atoms with Gasteiger partial charge in [-0.05, 0) is 57.6 Å². The fourth-order valence-corrected chi connectivity index (χ4v) is 3.68. The first-order valence-electron chi connectivity index (χ1n) is 8.69. The lowest BCUT2D eigenvalue weighted by atomic mass is 9.95. The van der Waals surface area contributed by atoms with Gasteiger partial charge in [-0.1, -0.05) is 24.1 Å². The Morgan fingerprint density at radius 1 is 0.960 bits per heavy atom. The first kappa shape index (κ1) is 19.5. The van der Waals surface area contributed by atoms with Crippen LogP contribution in [0.2, 0.25) is 0 Å². The van der Waals surface area contributed by atoms with Gasteiger partial charge in [0.25, 0.3) is 0 Å². The molecule has 0 amide bonds. The molecule has 0 aliphatic heterocycles. The summed E-state index contributed by atoms with van der Waals surface area (Å²) in [6.07, 6.45) is 13.6. The third-order valence-corrected chi connectivity index (χ3v) is 4.55. The summed E-state index contributed by atoms with van der Waals surface area (Å²) in [6, 6.07) is 5.25. The molecule has 0 unspecified atom stereocenters. The lowest BCUT2D eigenvalue weighted by Gasteiger charge is -2.18. The molecule has 7 heteroatoms. The summed E-state index contributed by atoms with van der Waals surface area (Å²) < 4.78 is 43.7. The zero-order chi connectivity index (χ0) is 18.6. The Labute approximate surface area is 146 Å².